The zero-order valence-electron chi connectivity index (χ0n) is 16.8. The standard InChI is InChI=1S/C22H22N2O6/c1-28-14-6-8-19(29-2)18(11-14)23-20(25)13-5-7-16-17(10-13)22(27)24(21(16)26)12-15-4-3-9-30-15/h5-8,10-11,15H,3-4,9,12H2,1-2H3,(H,23,25)/t15-/m0/s1. The van der Waals surface area contributed by atoms with Crippen LogP contribution in [0.4, 0.5) is 5.69 Å². The average Bonchev–Trinajstić information content (AvgIpc) is 3.36. The second-order valence-corrected chi connectivity index (χ2v) is 7.14. The number of benzene rings is 2. The van der Waals surface area contributed by atoms with Crippen LogP contribution in [0.25, 0.3) is 0 Å². The summed E-state index contributed by atoms with van der Waals surface area (Å²) in [5.74, 6) is -0.155. The number of nitrogens with one attached hydrogen (secondary N) is 1. The average molecular weight is 410 g/mol. The van der Waals surface area contributed by atoms with Gasteiger partial charge in [-0.2, -0.15) is 0 Å². The molecule has 2 heterocycles. The maximum absolute atomic E-state index is 12.8. The number of anilines is 1. The summed E-state index contributed by atoms with van der Waals surface area (Å²) >= 11 is 0. The molecule has 0 spiro atoms. The highest BCUT2D eigenvalue weighted by Gasteiger charge is 2.38. The third-order valence-electron chi connectivity index (χ3n) is 5.30. The summed E-state index contributed by atoms with van der Waals surface area (Å²) < 4.78 is 16.0. The van der Waals surface area contributed by atoms with Crippen molar-refractivity contribution in [3.05, 3.63) is 53.1 Å². The molecular formula is C22H22N2O6. The third kappa shape index (κ3) is 3.61. The van der Waals surface area contributed by atoms with Crippen molar-refractivity contribution in [2.45, 2.75) is 18.9 Å². The van der Waals surface area contributed by atoms with Gasteiger partial charge in [0.2, 0.25) is 0 Å². The number of carbonyl (C=O) groups is 3. The van der Waals surface area contributed by atoms with E-state index >= 15 is 0 Å². The van der Waals surface area contributed by atoms with Crippen molar-refractivity contribution in [1.82, 2.24) is 4.90 Å². The van der Waals surface area contributed by atoms with Crippen LogP contribution in [-0.4, -0.2) is 56.1 Å². The molecule has 0 saturated carbocycles. The Morgan fingerprint density at radius 2 is 1.90 bits per heavy atom. The zero-order chi connectivity index (χ0) is 21.3. The van der Waals surface area contributed by atoms with Crippen molar-refractivity contribution < 1.29 is 28.6 Å². The van der Waals surface area contributed by atoms with Crippen molar-refractivity contribution in [2.75, 3.05) is 32.7 Å². The summed E-state index contributed by atoms with van der Waals surface area (Å²) in [5, 5.41) is 2.77. The molecule has 1 saturated heterocycles. The van der Waals surface area contributed by atoms with Gasteiger partial charge in [-0.15, -0.1) is 0 Å². The van der Waals surface area contributed by atoms with Gasteiger partial charge in [-0.3, -0.25) is 19.3 Å². The fourth-order valence-electron chi connectivity index (χ4n) is 3.70. The zero-order valence-corrected chi connectivity index (χ0v) is 16.8. The van der Waals surface area contributed by atoms with E-state index in [4.69, 9.17) is 14.2 Å². The lowest BCUT2D eigenvalue weighted by atomic mass is 10.1. The molecule has 4 rings (SSSR count). The van der Waals surface area contributed by atoms with E-state index in [0.29, 0.717) is 29.4 Å². The van der Waals surface area contributed by atoms with Gasteiger partial charge in [0, 0.05) is 18.2 Å². The van der Waals surface area contributed by atoms with Crippen molar-refractivity contribution in [3.8, 4) is 11.5 Å². The van der Waals surface area contributed by atoms with E-state index in [0.717, 1.165) is 12.8 Å². The van der Waals surface area contributed by atoms with Crippen LogP contribution in [0.3, 0.4) is 0 Å². The summed E-state index contributed by atoms with van der Waals surface area (Å²) in [4.78, 5) is 39.4. The van der Waals surface area contributed by atoms with Gasteiger partial charge in [-0.1, -0.05) is 0 Å². The number of hydrogen-bond acceptors (Lipinski definition) is 6. The first-order valence-electron chi connectivity index (χ1n) is 9.67. The first-order chi connectivity index (χ1) is 14.5. The Labute approximate surface area is 173 Å². The lowest BCUT2D eigenvalue weighted by molar-refractivity contribution is 0.0475. The first kappa shape index (κ1) is 19.9. The monoisotopic (exact) mass is 410 g/mol. The molecule has 3 amide bonds. The molecule has 8 nitrogen and oxygen atoms in total. The van der Waals surface area contributed by atoms with E-state index in [2.05, 4.69) is 5.32 Å². The molecule has 0 aliphatic carbocycles. The van der Waals surface area contributed by atoms with Gasteiger partial charge in [-0.05, 0) is 43.2 Å². The molecule has 1 N–H and O–H groups in total. The maximum atomic E-state index is 12.8. The normalized spacial score (nSPS) is 17.8. The fraction of sp³-hybridized carbons (Fsp3) is 0.318. The Hall–Kier alpha value is -3.39. The van der Waals surface area contributed by atoms with Gasteiger partial charge >= 0.3 is 0 Å². The van der Waals surface area contributed by atoms with Crippen LogP contribution in [0.1, 0.15) is 43.9 Å². The van der Waals surface area contributed by atoms with E-state index in [9.17, 15) is 14.4 Å². The van der Waals surface area contributed by atoms with Crippen LogP contribution >= 0.6 is 0 Å². The number of ether oxygens (including phenoxy) is 3. The van der Waals surface area contributed by atoms with Crippen LogP contribution in [0.15, 0.2) is 36.4 Å². The minimum absolute atomic E-state index is 0.129. The van der Waals surface area contributed by atoms with Gasteiger partial charge in [0.25, 0.3) is 17.7 Å². The number of rotatable bonds is 6. The Bertz CT molecular complexity index is 1010. The SMILES string of the molecule is COc1ccc(OC)c(NC(=O)c2ccc3c(c2)C(=O)N(C[C@@H]2CCCO2)C3=O)c1. The molecule has 2 aromatic carbocycles. The Morgan fingerprint density at radius 3 is 2.60 bits per heavy atom. The molecule has 0 aromatic heterocycles. The summed E-state index contributed by atoms with van der Waals surface area (Å²) in [5.41, 5.74) is 1.22. The highest BCUT2D eigenvalue weighted by atomic mass is 16.5. The topological polar surface area (TPSA) is 94.2 Å². The highest BCUT2D eigenvalue weighted by Crippen LogP contribution is 2.30. The quantitative estimate of drug-likeness (QED) is 0.736. The van der Waals surface area contributed by atoms with Gasteiger partial charge in [0.05, 0.1) is 43.7 Å². The van der Waals surface area contributed by atoms with Crippen LogP contribution in [0.5, 0.6) is 11.5 Å². The molecule has 8 heteroatoms. The molecule has 30 heavy (non-hydrogen) atoms. The number of hydrogen-bond donors (Lipinski definition) is 1. The highest BCUT2D eigenvalue weighted by molar-refractivity contribution is 6.22. The van der Waals surface area contributed by atoms with Gasteiger partial charge in [-0.25, -0.2) is 0 Å². The lowest BCUT2D eigenvalue weighted by Crippen LogP contribution is -2.36. The summed E-state index contributed by atoms with van der Waals surface area (Å²) in [6.07, 6.45) is 1.62. The molecule has 2 aliphatic rings. The van der Waals surface area contributed by atoms with Crippen LogP contribution < -0.4 is 14.8 Å². The largest absolute Gasteiger partial charge is 0.497 e. The second kappa shape index (κ2) is 8.16. The number of imide groups is 1. The van der Waals surface area contributed by atoms with E-state index < -0.39 is 11.8 Å². The van der Waals surface area contributed by atoms with Gasteiger partial charge in [0.15, 0.2) is 0 Å². The number of fused-ring (bicyclic) bond motifs is 1. The predicted molar refractivity (Wildman–Crippen MR) is 108 cm³/mol. The summed E-state index contributed by atoms with van der Waals surface area (Å²) in [6, 6.07) is 9.54. The number of carbonyl (C=O) groups excluding carboxylic acids is 3. The predicted octanol–water partition coefficient (Wildman–Crippen LogP) is 2.73. The first-order valence-corrected chi connectivity index (χ1v) is 9.67. The van der Waals surface area contributed by atoms with Crippen LogP contribution in [-0.2, 0) is 4.74 Å². The third-order valence-corrected chi connectivity index (χ3v) is 5.30. The molecule has 2 aliphatic heterocycles. The van der Waals surface area contributed by atoms with Crippen molar-refractivity contribution in [1.29, 1.82) is 0 Å². The van der Waals surface area contributed by atoms with Gasteiger partial charge < -0.3 is 19.5 Å². The Kier molecular flexibility index (Phi) is 5.41. The fourth-order valence-corrected chi connectivity index (χ4v) is 3.70. The van der Waals surface area contributed by atoms with E-state index in [1.807, 2.05) is 0 Å². The van der Waals surface area contributed by atoms with Crippen LogP contribution in [0.2, 0.25) is 0 Å². The minimum atomic E-state index is -0.429. The van der Waals surface area contributed by atoms with Crippen LogP contribution in [0, 0.1) is 0 Å². The number of amides is 3. The molecular weight excluding hydrogens is 388 g/mol. The summed E-state index contributed by atoms with van der Waals surface area (Å²) in [7, 11) is 3.03. The molecule has 2 aromatic rings. The number of nitrogens with zero attached hydrogens (tertiary/aromatic N) is 1. The Morgan fingerprint density at radius 1 is 1.10 bits per heavy atom. The van der Waals surface area contributed by atoms with E-state index in [1.165, 1.54) is 37.3 Å². The minimum Gasteiger partial charge on any atom is -0.497 e. The summed E-state index contributed by atoms with van der Waals surface area (Å²) in [6.45, 7) is 0.876. The molecule has 0 bridgehead atoms. The second-order valence-electron chi connectivity index (χ2n) is 7.14. The van der Waals surface area contributed by atoms with Crippen molar-refractivity contribution in [2.24, 2.45) is 0 Å². The smallest absolute Gasteiger partial charge is 0.261 e. The van der Waals surface area contributed by atoms with E-state index in [1.54, 1.807) is 18.2 Å². The molecule has 0 radical (unpaired) electrons. The molecule has 156 valence electrons. The maximum Gasteiger partial charge on any atom is 0.261 e. The lowest BCUT2D eigenvalue weighted by Gasteiger charge is -2.17. The van der Waals surface area contributed by atoms with Gasteiger partial charge in [0.1, 0.15) is 11.5 Å². The van der Waals surface area contributed by atoms with E-state index in [-0.39, 0.29) is 29.7 Å². The number of methoxy groups -OCH3 is 2. The van der Waals surface area contributed by atoms with Crippen molar-refractivity contribution in [3.63, 3.8) is 0 Å². The molecule has 1 atom stereocenters. The van der Waals surface area contributed by atoms with Crippen molar-refractivity contribution >= 4 is 23.4 Å². The Balaban J connectivity index is 1.55. The molecule has 1 fully saturated rings. The molecule has 0 unspecified atom stereocenters.